The topological polar surface area (TPSA) is 78.9 Å². The third kappa shape index (κ3) is 9.90. The van der Waals surface area contributed by atoms with Gasteiger partial charge in [0.15, 0.2) is 0 Å². The summed E-state index contributed by atoms with van der Waals surface area (Å²) in [6.45, 7) is 0. The molecule has 6 nitrogen and oxygen atoms in total. The summed E-state index contributed by atoms with van der Waals surface area (Å²) in [4.78, 5) is 39.1. The van der Waals surface area contributed by atoms with Crippen LogP contribution in [-0.4, -0.2) is 33.1 Å². The summed E-state index contributed by atoms with van der Waals surface area (Å²) in [5.41, 5.74) is 0. The molecule has 192 valence electrons. The number of rotatable bonds is 6. The van der Waals surface area contributed by atoms with Crippen molar-refractivity contribution in [2.45, 2.75) is 135 Å². The summed E-state index contributed by atoms with van der Waals surface area (Å²) in [7, 11) is 0. The lowest BCUT2D eigenvalue weighted by Gasteiger charge is -2.24. The van der Waals surface area contributed by atoms with Crippen LogP contribution >= 0.6 is 0 Å². The zero-order chi connectivity index (χ0) is 24.0. The van der Waals surface area contributed by atoms with Crippen LogP contribution in [0.1, 0.15) is 135 Å². The highest BCUT2D eigenvalue weighted by Gasteiger charge is 2.51. The van der Waals surface area contributed by atoms with E-state index in [1.165, 1.54) is 19.3 Å². The van der Waals surface area contributed by atoms with Gasteiger partial charge in [0, 0.05) is 0 Å². The summed E-state index contributed by atoms with van der Waals surface area (Å²) in [6, 6.07) is 0. The number of hydrogen-bond donors (Lipinski definition) is 0. The Morgan fingerprint density at radius 3 is 0.824 bits per heavy atom. The molecule has 34 heavy (non-hydrogen) atoms. The second-order valence-corrected chi connectivity index (χ2v) is 12.0. The van der Waals surface area contributed by atoms with Crippen LogP contribution in [0.4, 0.5) is 0 Å². The molecule has 3 aliphatic rings. The minimum Gasteiger partial charge on any atom is -0.551 e. The van der Waals surface area contributed by atoms with E-state index in [9.17, 15) is 14.4 Å². The van der Waals surface area contributed by atoms with Crippen LogP contribution in [0.2, 0.25) is 0 Å². The molecule has 0 bridgehead atoms. The van der Waals surface area contributed by atoms with Gasteiger partial charge in [0.05, 0.1) is 17.8 Å². The first kappa shape index (κ1) is 27.5. The Bertz CT molecular complexity index is 529. The van der Waals surface area contributed by atoms with Crippen molar-refractivity contribution < 1.29 is 25.7 Å². The molecule has 0 radical (unpaired) electrons. The molecule has 3 rings (SSSR count). The molecule has 0 heterocycles. The minimum absolute atomic E-state index is 0.185. The predicted octanol–water partition coefficient (Wildman–Crippen LogP) is 6.68. The highest BCUT2D eigenvalue weighted by atomic mass is 27.3. The van der Waals surface area contributed by atoms with Crippen LogP contribution in [0.3, 0.4) is 0 Å². The van der Waals surface area contributed by atoms with Crippen LogP contribution < -0.4 is 0 Å². The zero-order valence-corrected chi connectivity index (χ0v) is 22.3. The Balaban J connectivity index is 1.63. The van der Waals surface area contributed by atoms with E-state index in [2.05, 4.69) is 0 Å². The van der Waals surface area contributed by atoms with E-state index in [1.807, 2.05) is 0 Å². The monoisotopic (exact) mass is 492 g/mol. The Kier molecular flexibility index (Phi) is 12.8. The fourth-order valence-corrected chi connectivity index (χ4v) is 7.01. The molecule has 3 fully saturated rings. The van der Waals surface area contributed by atoms with Crippen LogP contribution in [0.25, 0.3) is 0 Å². The molecule has 0 aromatic carbocycles. The molecule has 0 saturated heterocycles. The van der Waals surface area contributed by atoms with E-state index in [-0.39, 0.29) is 35.7 Å². The van der Waals surface area contributed by atoms with Crippen LogP contribution in [-0.2, 0) is 25.7 Å². The average Bonchev–Trinajstić information content (AvgIpc) is 2.72. The summed E-state index contributed by atoms with van der Waals surface area (Å²) >= 11 is -3.25. The molecule has 3 aliphatic carbocycles. The van der Waals surface area contributed by atoms with Gasteiger partial charge in [-0.25, -0.2) is 0 Å². The fraction of sp³-hybridized carbons (Fsp3) is 0.889. The zero-order valence-electron chi connectivity index (χ0n) is 21.1. The van der Waals surface area contributed by atoms with Crippen molar-refractivity contribution in [3.63, 3.8) is 0 Å². The maximum Gasteiger partial charge on any atom is 1.20 e. The lowest BCUT2D eigenvalue weighted by atomic mass is 9.91. The van der Waals surface area contributed by atoms with Crippen LogP contribution in [0.5, 0.6) is 0 Å². The van der Waals surface area contributed by atoms with Crippen molar-refractivity contribution in [3.05, 3.63) is 0 Å². The Morgan fingerprint density at radius 1 is 0.382 bits per heavy atom. The number of carbonyl (C=O) groups is 3. The van der Waals surface area contributed by atoms with Crippen molar-refractivity contribution in [1.82, 2.24) is 0 Å². The highest BCUT2D eigenvalue weighted by molar-refractivity contribution is 6.44. The summed E-state index contributed by atoms with van der Waals surface area (Å²) in [5, 5.41) is 0. The molecule has 0 aromatic heterocycles. The van der Waals surface area contributed by atoms with Crippen LogP contribution in [0, 0.1) is 17.8 Å². The number of carbonyl (C=O) groups excluding carboxylic acids is 3. The van der Waals surface area contributed by atoms with Crippen molar-refractivity contribution in [2.24, 2.45) is 17.8 Å². The summed E-state index contributed by atoms with van der Waals surface area (Å²) in [5.74, 6) is -1.57. The fourth-order valence-electron chi connectivity index (χ4n) is 5.72. The van der Waals surface area contributed by atoms with Crippen molar-refractivity contribution >= 4 is 33.1 Å². The van der Waals surface area contributed by atoms with E-state index < -0.39 is 15.1 Å². The molecule has 7 heteroatoms. The second kappa shape index (κ2) is 15.8. The van der Waals surface area contributed by atoms with Crippen molar-refractivity contribution in [3.8, 4) is 0 Å². The van der Waals surface area contributed by atoms with Gasteiger partial charge in [0.1, 0.15) is 0 Å². The van der Waals surface area contributed by atoms with Gasteiger partial charge in [-0.05, 0) is 38.5 Å². The van der Waals surface area contributed by atoms with Gasteiger partial charge >= 0.3 is 15.1 Å². The Labute approximate surface area is 211 Å². The van der Waals surface area contributed by atoms with Crippen molar-refractivity contribution in [1.29, 1.82) is 0 Å². The minimum atomic E-state index is -3.25. The maximum atomic E-state index is 13.0. The largest absolute Gasteiger partial charge is 1.20 e. The lowest BCUT2D eigenvalue weighted by Crippen LogP contribution is -2.40. The first-order valence-corrected chi connectivity index (χ1v) is 15.7. The van der Waals surface area contributed by atoms with E-state index in [0.29, 0.717) is 0 Å². The normalized spacial score (nSPS) is 22.6. The standard InChI is InChI=1S/3C9H16O2.Al/c3*10-9(11)8-6-4-2-1-3-5-7-8;/h3*8H,1-7H2,(H,10,11);/q;;;+3/p-3. The number of hydrogen-bond acceptors (Lipinski definition) is 6. The maximum absolute atomic E-state index is 13.0. The van der Waals surface area contributed by atoms with E-state index in [4.69, 9.17) is 11.4 Å². The SMILES string of the molecule is O=C([O][Al]([O]C(=O)C1CCCCCCC1)[O]C(=O)C1CCCCCCC1)C1CCCCCCC1. The molecule has 0 spiro atoms. The van der Waals surface area contributed by atoms with Gasteiger partial charge in [-0.1, -0.05) is 96.3 Å². The van der Waals surface area contributed by atoms with Crippen LogP contribution in [0.15, 0.2) is 0 Å². The molecule has 0 unspecified atom stereocenters. The summed E-state index contributed by atoms with van der Waals surface area (Å²) in [6.07, 6.45) is 21.3. The third-order valence-electron chi connectivity index (χ3n) is 7.95. The Hall–Kier alpha value is -1.06. The molecule has 0 amide bonds. The van der Waals surface area contributed by atoms with Gasteiger partial charge in [0.25, 0.3) is 17.9 Å². The molecule has 0 atom stereocenters. The average molecular weight is 493 g/mol. The quantitative estimate of drug-likeness (QED) is 0.385. The molecular weight excluding hydrogens is 447 g/mol. The molecule has 3 saturated carbocycles. The predicted molar refractivity (Wildman–Crippen MR) is 131 cm³/mol. The van der Waals surface area contributed by atoms with E-state index in [0.717, 1.165) is 116 Å². The first-order chi connectivity index (χ1) is 16.6. The molecule has 0 aromatic rings. The van der Waals surface area contributed by atoms with E-state index in [1.54, 1.807) is 0 Å². The molecule has 0 N–H and O–H groups in total. The summed E-state index contributed by atoms with van der Waals surface area (Å²) < 4.78 is 17.2. The molecule has 0 aliphatic heterocycles. The van der Waals surface area contributed by atoms with Gasteiger partial charge < -0.3 is 11.4 Å². The van der Waals surface area contributed by atoms with E-state index >= 15 is 0 Å². The Morgan fingerprint density at radius 2 is 0.588 bits per heavy atom. The lowest BCUT2D eigenvalue weighted by molar-refractivity contribution is -0.153. The molecular formula is C27H45AlO6. The van der Waals surface area contributed by atoms with Gasteiger partial charge in [-0.15, -0.1) is 0 Å². The van der Waals surface area contributed by atoms with Crippen molar-refractivity contribution in [2.75, 3.05) is 0 Å². The van der Waals surface area contributed by atoms with Gasteiger partial charge in [0.2, 0.25) is 0 Å². The second-order valence-electron chi connectivity index (χ2n) is 10.7. The third-order valence-corrected chi connectivity index (χ3v) is 9.23. The van der Waals surface area contributed by atoms with Gasteiger partial charge in [-0.2, -0.15) is 0 Å². The smallest absolute Gasteiger partial charge is 0.551 e. The van der Waals surface area contributed by atoms with Gasteiger partial charge in [-0.3, -0.25) is 14.4 Å². The first-order valence-electron chi connectivity index (χ1n) is 14.2. The highest BCUT2D eigenvalue weighted by Crippen LogP contribution is 2.27.